The third-order valence-electron chi connectivity index (χ3n) is 4.66. The van der Waals surface area contributed by atoms with Crippen LogP contribution in [0.2, 0.25) is 0 Å². The van der Waals surface area contributed by atoms with Crippen molar-refractivity contribution in [2.45, 2.75) is 10.9 Å². The standard InChI is InChI=1S/C21H18N4O3S2/c1-23(14-9-5-3-6-10-14)16(26)13-24-18-17(30-20(22-18)29-2)19(27)25(21(24)28)15-11-7-4-8-12-15/h3-12H,13H2,1-2H3. The maximum atomic E-state index is 13.3. The van der Waals surface area contributed by atoms with Gasteiger partial charge in [-0.1, -0.05) is 48.2 Å². The molecule has 0 fully saturated rings. The Morgan fingerprint density at radius 2 is 1.70 bits per heavy atom. The summed E-state index contributed by atoms with van der Waals surface area (Å²) in [5, 5.41) is 0. The van der Waals surface area contributed by atoms with Crippen molar-refractivity contribution in [1.29, 1.82) is 0 Å². The summed E-state index contributed by atoms with van der Waals surface area (Å²) in [6.07, 6.45) is 1.85. The summed E-state index contributed by atoms with van der Waals surface area (Å²) in [5.74, 6) is -0.290. The van der Waals surface area contributed by atoms with Gasteiger partial charge < -0.3 is 4.90 Å². The fourth-order valence-corrected chi connectivity index (χ4v) is 4.58. The molecule has 7 nitrogen and oxygen atoms in total. The average Bonchev–Trinajstić information content (AvgIpc) is 3.22. The fraction of sp³-hybridized carbons (Fsp3) is 0.143. The van der Waals surface area contributed by atoms with Crippen molar-refractivity contribution >= 4 is 45.0 Å². The third-order valence-corrected chi connectivity index (χ3v) is 6.68. The predicted octanol–water partition coefficient (Wildman–Crippen LogP) is 2.99. The molecule has 30 heavy (non-hydrogen) atoms. The Morgan fingerprint density at radius 1 is 1.07 bits per heavy atom. The SMILES string of the molecule is CSc1nc2c(s1)c(=O)n(-c1ccccc1)c(=O)n2CC(=O)N(C)c1ccccc1. The van der Waals surface area contributed by atoms with Crippen LogP contribution in [-0.4, -0.2) is 33.3 Å². The number of thioether (sulfide) groups is 1. The first-order valence-corrected chi connectivity index (χ1v) is 11.1. The van der Waals surface area contributed by atoms with Gasteiger partial charge in [0.15, 0.2) is 9.99 Å². The van der Waals surface area contributed by atoms with Crippen LogP contribution in [0.3, 0.4) is 0 Å². The number of para-hydroxylation sites is 2. The zero-order chi connectivity index (χ0) is 21.3. The van der Waals surface area contributed by atoms with Crippen molar-refractivity contribution in [2.24, 2.45) is 0 Å². The van der Waals surface area contributed by atoms with Crippen LogP contribution in [0.5, 0.6) is 0 Å². The first kappa shape index (κ1) is 20.1. The van der Waals surface area contributed by atoms with Crippen LogP contribution in [0.1, 0.15) is 0 Å². The number of carbonyl (C=O) groups is 1. The first-order chi connectivity index (χ1) is 14.5. The minimum Gasteiger partial charge on any atom is -0.314 e. The van der Waals surface area contributed by atoms with E-state index in [4.69, 9.17) is 0 Å². The summed E-state index contributed by atoms with van der Waals surface area (Å²) in [5.41, 5.74) is 0.379. The van der Waals surface area contributed by atoms with Crippen molar-refractivity contribution in [3.63, 3.8) is 0 Å². The fourth-order valence-electron chi connectivity index (χ4n) is 3.09. The topological polar surface area (TPSA) is 77.2 Å². The van der Waals surface area contributed by atoms with E-state index < -0.39 is 11.2 Å². The highest BCUT2D eigenvalue weighted by Crippen LogP contribution is 2.25. The van der Waals surface area contributed by atoms with Gasteiger partial charge in [0.05, 0.1) is 5.69 Å². The molecule has 0 saturated carbocycles. The van der Waals surface area contributed by atoms with Crippen LogP contribution >= 0.6 is 23.1 Å². The molecule has 0 radical (unpaired) electrons. The molecule has 0 aliphatic heterocycles. The molecule has 0 atom stereocenters. The van der Waals surface area contributed by atoms with E-state index in [-0.39, 0.29) is 18.1 Å². The highest BCUT2D eigenvalue weighted by atomic mass is 32.2. The van der Waals surface area contributed by atoms with Gasteiger partial charge in [-0.3, -0.25) is 14.2 Å². The molecule has 0 spiro atoms. The molecule has 2 heterocycles. The average molecular weight is 439 g/mol. The zero-order valence-corrected chi connectivity index (χ0v) is 17.9. The molecule has 4 rings (SSSR count). The van der Waals surface area contributed by atoms with E-state index in [2.05, 4.69) is 4.98 Å². The number of benzene rings is 2. The lowest BCUT2D eigenvalue weighted by Crippen LogP contribution is -2.42. The number of fused-ring (bicyclic) bond motifs is 1. The number of nitrogens with zero attached hydrogens (tertiary/aromatic N) is 4. The smallest absolute Gasteiger partial charge is 0.314 e. The lowest BCUT2D eigenvalue weighted by atomic mass is 10.3. The second-order valence-corrected chi connectivity index (χ2v) is 8.52. The number of carbonyl (C=O) groups excluding carboxylic acids is 1. The van der Waals surface area contributed by atoms with Crippen LogP contribution in [0.25, 0.3) is 16.0 Å². The van der Waals surface area contributed by atoms with E-state index in [9.17, 15) is 14.4 Å². The van der Waals surface area contributed by atoms with Gasteiger partial charge in [-0.2, -0.15) is 0 Å². The van der Waals surface area contributed by atoms with Gasteiger partial charge in [-0.25, -0.2) is 14.3 Å². The molecule has 152 valence electrons. The monoisotopic (exact) mass is 438 g/mol. The highest BCUT2D eigenvalue weighted by molar-refractivity contribution is 8.00. The number of rotatable bonds is 5. The van der Waals surface area contributed by atoms with Gasteiger partial charge in [-0.15, -0.1) is 11.3 Å². The molecule has 0 bridgehead atoms. The van der Waals surface area contributed by atoms with Crippen molar-refractivity contribution in [1.82, 2.24) is 14.1 Å². The molecular formula is C21H18N4O3S2. The Kier molecular flexibility index (Phi) is 5.56. The summed E-state index contributed by atoms with van der Waals surface area (Å²) < 4.78 is 3.38. The summed E-state index contributed by atoms with van der Waals surface area (Å²) in [4.78, 5) is 45.3. The van der Waals surface area contributed by atoms with Gasteiger partial charge in [0.2, 0.25) is 5.91 Å². The van der Waals surface area contributed by atoms with Crippen molar-refractivity contribution in [3.05, 3.63) is 81.5 Å². The predicted molar refractivity (Wildman–Crippen MR) is 121 cm³/mol. The van der Waals surface area contributed by atoms with Crippen LogP contribution in [-0.2, 0) is 11.3 Å². The van der Waals surface area contributed by atoms with Gasteiger partial charge in [0.1, 0.15) is 11.2 Å². The van der Waals surface area contributed by atoms with Gasteiger partial charge >= 0.3 is 5.69 Å². The van der Waals surface area contributed by atoms with Crippen molar-refractivity contribution < 1.29 is 4.79 Å². The molecule has 0 saturated heterocycles. The summed E-state index contributed by atoms with van der Waals surface area (Å²) >= 11 is 2.61. The van der Waals surface area contributed by atoms with E-state index in [1.165, 1.54) is 32.6 Å². The Labute approximate surface area is 180 Å². The number of thiazole rings is 1. The molecule has 4 aromatic rings. The minimum atomic E-state index is -0.591. The van der Waals surface area contributed by atoms with Gasteiger partial charge in [0.25, 0.3) is 5.56 Å². The molecular weight excluding hydrogens is 420 g/mol. The molecule has 0 unspecified atom stereocenters. The lowest BCUT2D eigenvalue weighted by molar-refractivity contribution is -0.118. The minimum absolute atomic E-state index is 0.231. The van der Waals surface area contributed by atoms with Crippen molar-refractivity contribution in [2.75, 3.05) is 18.2 Å². The van der Waals surface area contributed by atoms with E-state index in [1.54, 1.807) is 31.3 Å². The van der Waals surface area contributed by atoms with Gasteiger partial charge in [-0.05, 0) is 30.5 Å². The molecule has 2 aromatic heterocycles. The normalized spacial score (nSPS) is 11.0. The molecule has 0 aliphatic rings. The summed E-state index contributed by atoms with van der Waals surface area (Å²) in [6.45, 7) is -0.231. The molecule has 2 aromatic carbocycles. The van der Waals surface area contributed by atoms with Crippen LogP contribution in [0.4, 0.5) is 5.69 Å². The Bertz CT molecular complexity index is 1330. The largest absolute Gasteiger partial charge is 0.337 e. The Balaban J connectivity index is 1.88. The Hall–Kier alpha value is -3.17. The number of aromatic nitrogens is 3. The van der Waals surface area contributed by atoms with Crippen LogP contribution in [0, 0.1) is 0 Å². The number of anilines is 1. The maximum absolute atomic E-state index is 13.3. The maximum Gasteiger partial charge on any atom is 0.337 e. The highest BCUT2D eigenvalue weighted by Gasteiger charge is 2.21. The van der Waals surface area contributed by atoms with E-state index in [1.807, 2.05) is 42.7 Å². The van der Waals surface area contributed by atoms with E-state index in [0.29, 0.717) is 20.4 Å². The second kappa shape index (κ2) is 8.29. The number of hydrogen-bond donors (Lipinski definition) is 0. The van der Waals surface area contributed by atoms with Gasteiger partial charge in [0, 0.05) is 12.7 Å². The molecule has 0 aliphatic carbocycles. The third kappa shape index (κ3) is 3.57. The van der Waals surface area contributed by atoms with Crippen LogP contribution < -0.4 is 16.1 Å². The number of likely N-dealkylation sites (N-methyl/N-ethyl adjacent to an activating group) is 1. The summed E-state index contributed by atoms with van der Waals surface area (Å²) in [7, 11) is 1.65. The zero-order valence-electron chi connectivity index (χ0n) is 16.3. The lowest BCUT2D eigenvalue weighted by Gasteiger charge is -2.18. The van der Waals surface area contributed by atoms with E-state index in [0.717, 1.165) is 4.57 Å². The Morgan fingerprint density at radius 3 is 2.33 bits per heavy atom. The quantitative estimate of drug-likeness (QED) is 0.448. The van der Waals surface area contributed by atoms with E-state index >= 15 is 0 Å². The summed E-state index contributed by atoms with van der Waals surface area (Å²) in [6, 6.07) is 17.9. The number of hydrogen-bond acceptors (Lipinski definition) is 6. The molecule has 9 heteroatoms. The second-order valence-electron chi connectivity index (χ2n) is 6.47. The molecule has 1 amide bonds. The van der Waals surface area contributed by atoms with Crippen molar-refractivity contribution in [3.8, 4) is 5.69 Å². The first-order valence-electron chi connectivity index (χ1n) is 9.08. The van der Waals surface area contributed by atoms with Crippen LogP contribution in [0.15, 0.2) is 74.6 Å². The number of amides is 1. The molecule has 0 N–H and O–H groups in total.